The number of amides is 2. The SMILES string of the molecule is CCN(C(=O)c1csc(C2CCN(C(=O)C3=C(C)CN=C3c3ccc(C)cc3)CC2)n1)C(C)C(=O)c1ccccc1. The van der Waals surface area contributed by atoms with Gasteiger partial charge in [0, 0.05) is 42.1 Å². The van der Waals surface area contributed by atoms with E-state index in [-0.39, 0.29) is 23.5 Å². The lowest BCUT2D eigenvalue weighted by Crippen LogP contribution is -2.43. The third kappa shape index (κ3) is 5.93. The Morgan fingerprint density at radius 3 is 2.37 bits per heavy atom. The summed E-state index contributed by atoms with van der Waals surface area (Å²) in [6.45, 7) is 9.92. The van der Waals surface area contributed by atoms with E-state index in [4.69, 9.17) is 4.98 Å². The number of rotatable bonds is 8. The van der Waals surface area contributed by atoms with Crippen LogP contribution in [-0.4, -0.2) is 70.3 Å². The largest absolute Gasteiger partial charge is 0.339 e. The van der Waals surface area contributed by atoms with E-state index in [0.29, 0.717) is 37.4 Å². The Hall–Kier alpha value is -3.91. The zero-order chi connectivity index (χ0) is 29.1. The molecule has 1 aromatic heterocycles. The van der Waals surface area contributed by atoms with Crippen molar-refractivity contribution in [2.75, 3.05) is 26.2 Å². The molecule has 212 valence electrons. The maximum absolute atomic E-state index is 13.6. The van der Waals surface area contributed by atoms with Crippen molar-refractivity contribution in [1.29, 1.82) is 0 Å². The van der Waals surface area contributed by atoms with Gasteiger partial charge in [-0.2, -0.15) is 0 Å². The van der Waals surface area contributed by atoms with Crippen molar-refractivity contribution in [1.82, 2.24) is 14.8 Å². The van der Waals surface area contributed by atoms with Crippen LogP contribution in [-0.2, 0) is 4.79 Å². The molecule has 2 aliphatic rings. The summed E-state index contributed by atoms with van der Waals surface area (Å²) in [5, 5.41) is 2.71. The van der Waals surface area contributed by atoms with Crippen LogP contribution in [0.5, 0.6) is 0 Å². The maximum atomic E-state index is 13.6. The first-order chi connectivity index (χ1) is 19.8. The number of aryl methyl sites for hydroxylation is 1. The van der Waals surface area contributed by atoms with Crippen LogP contribution in [0.3, 0.4) is 0 Å². The number of nitrogens with zero attached hydrogens (tertiary/aromatic N) is 4. The minimum Gasteiger partial charge on any atom is -0.339 e. The maximum Gasteiger partial charge on any atom is 0.273 e. The molecule has 0 saturated carbocycles. The number of thiazole rings is 1. The molecule has 0 radical (unpaired) electrons. The lowest BCUT2D eigenvalue weighted by atomic mass is 9.94. The molecular weight excluding hydrogens is 532 g/mol. The van der Waals surface area contributed by atoms with Crippen molar-refractivity contribution < 1.29 is 14.4 Å². The predicted octanol–water partition coefficient (Wildman–Crippen LogP) is 5.71. The summed E-state index contributed by atoms with van der Waals surface area (Å²) in [5.74, 6) is -0.0844. The summed E-state index contributed by atoms with van der Waals surface area (Å²) in [5.41, 5.74) is 5.65. The van der Waals surface area contributed by atoms with Crippen LogP contribution in [0.15, 0.2) is 76.1 Å². The highest BCUT2D eigenvalue weighted by Gasteiger charge is 2.33. The molecule has 7 nitrogen and oxygen atoms in total. The first-order valence-corrected chi connectivity index (χ1v) is 15.1. The molecule has 0 N–H and O–H groups in total. The molecule has 0 spiro atoms. The van der Waals surface area contributed by atoms with Gasteiger partial charge in [0.25, 0.3) is 11.8 Å². The standard InChI is InChI=1S/C33H36N4O3S/c1-5-37(23(4)30(38)25-9-7-6-8-10-25)32(39)27-20-41-31(35-27)26-15-17-36(18-16-26)33(40)28-22(3)19-34-29(28)24-13-11-21(2)12-14-24/h6-14,20,23,26H,5,15-19H2,1-4H3. The Morgan fingerprint density at radius 1 is 1.02 bits per heavy atom. The highest BCUT2D eigenvalue weighted by molar-refractivity contribution is 7.09. The number of Topliss-reactive ketones (excluding diaryl/α,β-unsaturated/α-hetero) is 1. The van der Waals surface area contributed by atoms with Crippen LogP contribution in [0.2, 0.25) is 0 Å². The van der Waals surface area contributed by atoms with Gasteiger partial charge in [0.05, 0.1) is 28.9 Å². The monoisotopic (exact) mass is 568 g/mol. The van der Waals surface area contributed by atoms with Crippen LogP contribution in [0.4, 0.5) is 0 Å². The minimum absolute atomic E-state index is 0.0449. The molecule has 5 rings (SSSR count). The predicted molar refractivity (Wildman–Crippen MR) is 163 cm³/mol. The lowest BCUT2D eigenvalue weighted by molar-refractivity contribution is -0.127. The molecule has 2 aliphatic heterocycles. The number of benzene rings is 2. The first kappa shape index (κ1) is 28.6. The summed E-state index contributed by atoms with van der Waals surface area (Å²) in [6.07, 6.45) is 1.58. The number of hydrogen-bond acceptors (Lipinski definition) is 6. The fourth-order valence-corrected chi connectivity index (χ4v) is 6.54. The number of likely N-dealkylation sites (tertiary alicyclic amines) is 1. The van der Waals surface area contributed by atoms with Gasteiger partial charge in [0.15, 0.2) is 5.78 Å². The Labute approximate surface area is 245 Å². The zero-order valence-corrected chi connectivity index (χ0v) is 24.9. The van der Waals surface area contributed by atoms with E-state index in [9.17, 15) is 14.4 Å². The molecule has 0 bridgehead atoms. The Bertz CT molecular complexity index is 1500. The van der Waals surface area contributed by atoms with Gasteiger partial charge in [0.2, 0.25) is 0 Å². The number of piperidine rings is 1. The molecule has 8 heteroatoms. The fourth-order valence-electron chi connectivity index (χ4n) is 5.58. The van der Waals surface area contributed by atoms with Gasteiger partial charge >= 0.3 is 0 Å². The van der Waals surface area contributed by atoms with E-state index in [1.807, 2.05) is 68.1 Å². The quantitative estimate of drug-likeness (QED) is 0.326. The molecule has 2 amide bonds. The summed E-state index contributed by atoms with van der Waals surface area (Å²) in [4.78, 5) is 52.9. The number of aromatic nitrogens is 1. The van der Waals surface area contributed by atoms with Gasteiger partial charge in [-0.05, 0) is 46.1 Å². The van der Waals surface area contributed by atoms with Gasteiger partial charge in [-0.25, -0.2) is 4.98 Å². The van der Waals surface area contributed by atoms with Crippen LogP contribution >= 0.6 is 11.3 Å². The highest BCUT2D eigenvalue weighted by atomic mass is 32.1. The number of aliphatic imine (C=N–C) groups is 1. The smallest absolute Gasteiger partial charge is 0.273 e. The average molecular weight is 569 g/mol. The van der Waals surface area contributed by atoms with Gasteiger partial charge in [0.1, 0.15) is 5.69 Å². The van der Waals surface area contributed by atoms with E-state index < -0.39 is 6.04 Å². The summed E-state index contributed by atoms with van der Waals surface area (Å²) >= 11 is 1.49. The third-order valence-corrected chi connectivity index (χ3v) is 9.06. The molecule has 0 aliphatic carbocycles. The average Bonchev–Trinajstić information content (AvgIpc) is 3.65. The molecule has 1 unspecified atom stereocenters. The molecular formula is C33H36N4O3S. The van der Waals surface area contributed by atoms with Crippen molar-refractivity contribution in [2.45, 2.75) is 52.5 Å². The number of hydrogen-bond donors (Lipinski definition) is 0. The van der Waals surface area contributed by atoms with Crippen molar-refractivity contribution in [3.8, 4) is 0 Å². The Balaban J connectivity index is 1.22. The molecule has 2 aromatic carbocycles. The summed E-state index contributed by atoms with van der Waals surface area (Å²) in [6, 6.07) is 16.6. The second-order valence-corrected chi connectivity index (χ2v) is 11.7. The molecule has 3 heterocycles. The second kappa shape index (κ2) is 12.3. The van der Waals surface area contributed by atoms with E-state index >= 15 is 0 Å². The molecule has 1 saturated heterocycles. The van der Waals surface area contributed by atoms with Crippen LogP contribution in [0.1, 0.15) is 76.5 Å². The van der Waals surface area contributed by atoms with Crippen molar-refractivity contribution >= 4 is 34.6 Å². The van der Waals surface area contributed by atoms with Crippen LogP contribution < -0.4 is 0 Å². The van der Waals surface area contributed by atoms with Crippen molar-refractivity contribution in [3.63, 3.8) is 0 Å². The fraction of sp³-hybridized carbons (Fsp3) is 0.364. The van der Waals surface area contributed by atoms with Gasteiger partial charge in [-0.3, -0.25) is 19.4 Å². The van der Waals surface area contributed by atoms with E-state index in [2.05, 4.69) is 4.99 Å². The van der Waals surface area contributed by atoms with Crippen molar-refractivity contribution in [3.05, 3.63) is 98.5 Å². The molecule has 41 heavy (non-hydrogen) atoms. The van der Waals surface area contributed by atoms with Crippen LogP contribution in [0.25, 0.3) is 0 Å². The van der Waals surface area contributed by atoms with E-state index in [1.54, 1.807) is 29.3 Å². The van der Waals surface area contributed by atoms with Gasteiger partial charge in [-0.15, -0.1) is 11.3 Å². The molecule has 3 aromatic rings. The van der Waals surface area contributed by atoms with Crippen LogP contribution in [0, 0.1) is 6.92 Å². The lowest BCUT2D eigenvalue weighted by Gasteiger charge is -2.32. The molecule has 1 fully saturated rings. The van der Waals surface area contributed by atoms with Gasteiger partial charge < -0.3 is 9.80 Å². The molecule has 1 atom stereocenters. The van der Waals surface area contributed by atoms with E-state index in [0.717, 1.165) is 40.3 Å². The summed E-state index contributed by atoms with van der Waals surface area (Å²) < 4.78 is 0. The number of carbonyl (C=O) groups is 3. The highest BCUT2D eigenvalue weighted by Crippen LogP contribution is 2.32. The Kier molecular flexibility index (Phi) is 8.59. The first-order valence-electron chi connectivity index (χ1n) is 14.2. The number of likely N-dealkylation sites (N-methyl/N-ethyl adjacent to an activating group) is 1. The van der Waals surface area contributed by atoms with Crippen molar-refractivity contribution in [2.24, 2.45) is 4.99 Å². The summed E-state index contributed by atoms with van der Waals surface area (Å²) in [7, 11) is 0. The van der Waals surface area contributed by atoms with E-state index in [1.165, 1.54) is 16.9 Å². The zero-order valence-electron chi connectivity index (χ0n) is 24.1. The third-order valence-electron chi connectivity index (χ3n) is 8.06. The topological polar surface area (TPSA) is 82.9 Å². The number of ketones is 1. The second-order valence-electron chi connectivity index (χ2n) is 10.8. The number of carbonyl (C=O) groups excluding carboxylic acids is 3. The normalized spacial score (nSPS) is 16.5. The van der Waals surface area contributed by atoms with Gasteiger partial charge in [-0.1, -0.05) is 60.2 Å². The Morgan fingerprint density at radius 2 is 1.71 bits per heavy atom. The minimum atomic E-state index is -0.587.